The number of hydrogen-bond donors (Lipinski definition) is 1. The average Bonchev–Trinajstić information content (AvgIpc) is 2.24. The molecule has 19 heavy (non-hydrogen) atoms. The maximum absolute atomic E-state index is 12.5. The zero-order valence-electron chi connectivity index (χ0n) is 11.7. The number of rotatable bonds is 2. The fourth-order valence-electron chi connectivity index (χ4n) is 2.11. The first-order chi connectivity index (χ1) is 8.60. The molecule has 2 N–H and O–H groups in total. The zero-order chi connectivity index (χ0) is 14.4. The van der Waals surface area contributed by atoms with E-state index in [0.29, 0.717) is 23.0 Å². The number of carbonyl (C=O) groups is 1. The number of anilines is 1. The van der Waals surface area contributed by atoms with Gasteiger partial charge in [-0.15, -0.1) is 0 Å². The Kier molecular flexibility index (Phi) is 3.27. The normalized spacial score (nSPS) is 18.0. The number of hydrogen-bond acceptors (Lipinski definition) is 3. The molecule has 0 saturated heterocycles. The van der Waals surface area contributed by atoms with Crippen LogP contribution >= 0.6 is 11.6 Å². The number of carbonyl (C=O) groups excluding carboxylic acids is 1. The Balaban J connectivity index is 2.51. The summed E-state index contributed by atoms with van der Waals surface area (Å²) in [6.45, 7) is 7.68. The van der Waals surface area contributed by atoms with Crippen molar-refractivity contribution >= 4 is 23.2 Å². The van der Waals surface area contributed by atoms with Gasteiger partial charge in [-0.25, -0.2) is 0 Å². The van der Waals surface area contributed by atoms with Crippen LogP contribution in [0.2, 0.25) is 5.02 Å². The van der Waals surface area contributed by atoms with E-state index >= 15 is 0 Å². The van der Waals surface area contributed by atoms with Gasteiger partial charge in [0.15, 0.2) is 5.60 Å². The highest BCUT2D eigenvalue weighted by atomic mass is 35.5. The fraction of sp³-hybridized carbons (Fsp3) is 0.500. The van der Waals surface area contributed by atoms with Crippen molar-refractivity contribution in [1.82, 2.24) is 0 Å². The van der Waals surface area contributed by atoms with Crippen LogP contribution in [0.1, 0.15) is 27.7 Å². The van der Waals surface area contributed by atoms with Crippen molar-refractivity contribution in [1.29, 1.82) is 0 Å². The SMILES string of the molecule is CC(C)(N)CN1C(=O)C(C)(C)Oc2ccc(Cl)cc21. The second-order valence-electron chi connectivity index (χ2n) is 6.10. The molecule has 5 heteroatoms. The van der Waals surface area contributed by atoms with Crippen LogP contribution in [-0.2, 0) is 4.79 Å². The molecule has 0 atom stereocenters. The minimum absolute atomic E-state index is 0.110. The van der Waals surface area contributed by atoms with Crippen LogP contribution in [0.25, 0.3) is 0 Å². The second kappa shape index (κ2) is 4.39. The van der Waals surface area contributed by atoms with Gasteiger partial charge in [-0.1, -0.05) is 11.6 Å². The van der Waals surface area contributed by atoms with Crippen molar-refractivity contribution < 1.29 is 9.53 Å². The maximum atomic E-state index is 12.5. The summed E-state index contributed by atoms with van der Waals surface area (Å²) in [6, 6.07) is 5.26. The molecule has 1 heterocycles. The van der Waals surface area contributed by atoms with Crippen LogP contribution in [0.5, 0.6) is 5.75 Å². The van der Waals surface area contributed by atoms with E-state index in [0.717, 1.165) is 0 Å². The van der Waals surface area contributed by atoms with Gasteiger partial charge in [-0.2, -0.15) is 0 Å². The molecule has 0 aliphatic carbocycles. The van der Waals surface area contributed by atoms with Gasteiger partial charge in [0.1, 0.15) is 5.75 Å². The Morgan fingerprint density at radius 2 is 2.05 bits per heavy atom. The molecule has 4 nitrogen and oxygen atoms in total. The van der Waals surface area contributed by atoms with Gasteiger partial charge in [0.05, 0.1) is 5.69 Å². The summed E-state index contributed by atoms with van der Waals surface area (Å²) in [5.74, 6) is 0.541. The van der Waals surface area contributed by atoms with Crippen molar-refractivity contribution in [3.63, 3.8) is 0 Å². The number of nitrogens with zero attached hydrogens (tertiary/aromatic N) is 1. The Hall–Kier alpha value is -1.26. The molecule has 0 saturated carbocycles. The topological polar surface area (TPSA) is 55.6 Å². The Morgan fingerprint density at radius 3 is 2.63 bits per heavy atom. The summed E-state index contributed by atoms with van der Waals surface area (Å²) >= 11 is 6.01. The van der Waals surface area contributed by atoms with Crippen LogP contribution in [0.3, 0.4) is 0 Å². The molecule has 1 amide bonds. The predicted octanol–water partition coefficient (Wildman–Crippen LogP) is 2.58. The Labute approximate surface area is 118 Å². The quantitative estimate of drug-likeness (QED) is 0.907. The van der Waals surface area contributed by atoms with E-state index < -0.39 is 11.1 Å². The molecule has 104 valence electrons. The third-order valence-corrected chi connectivity index (χ3v) is 3.14. The van der Waals surface area contributed by atoms with Crippen LogP contribution < -0.4 is 15.4 Å². The first-order valence-electron chi connectivity index (χ1n) is 6.20. The average molecular weight is 283 g/mol. The number of amides is 1. The van der Waals surface area contributed by atoms with Gasteiger partial charge < -0.3 is 15.4 Å². The standard InChI is InChI=1S/C14H19ClN2O2/c1-13(2,16)8-17-10-7-9(15)5-6-11(10)19-14(3,4)12(17)18/h5-7H,8,16H2,1-4H3. The minimum atomic E-state index is -0.897. The monoisotopic (exact) mass is 282 g/mol. The van der Waals surface area contributed by atoms with E-state index in [1.807, 2.05) is 13.8 Å². The number of nitrogens with two attached hydrogens (primary N) is 1. The maximum Gasteiger partial charge on any atom is 0.270 e. The summed E-state index contributed by atoms with van der Waals surface area (Å²) < 4.78 is 5.74. The van der Waals surface area contributed by atoms with Crippen LogP contribution in [0.15, 0.2) is 18.2 Å². The summed E-state index contributed by atoms with van der Waals surface area (Å²) in [5.41, 5.74) is 5.33. The summed E-state index contributed by atoms with van der Waals surface area (Å²) in [5, 5.41) is 0.565. The molecule has 1 aromatic carbocycles. The summed E-state index contributed by atoms with van der Waals surface area (Å²) in [6.07, 6.45) is 0. The van der Waals surface area contributed by atoms with Crippen molar-refractivity contribution in [2.75, 3.05) is 11.4 Å². The smallest absolute Gasteiger partial charge is 0.270 e. The summed E-state index contributed by atoms with van der Waals surface area (Å²) in [7, 11) is 0. The summed E-state index contributed by atoms with van der Waals surface area (Å²) in [4.78, 5) is 14.2. The van der Waals surface area contributed by atoms with Gasteiger partial charge in [0.2, 0.25) is 0 Å². The van der Waals surface area contributed by atoms with E-state index in [2.05, 4.69) is 0 Å². The molecule has 0 aromatic heterocycles. The van der Waals surface area contributed by atoms with Crippen molar-refractivity contribution in [2.45, 2.75) is 38.8 Å². The highest BCUT2D eigenvalue weighted by Gasteiger charge is 2.42. The molecule has 0 fully saturated rings. The van der Waals surface area contributed by atoms with Crippen LogP contribution in [-0.4, -0.2) is 23.6 Å². The number of halogens is 1. The lowest BCUT2D eigenvalue weighted by Crippen LogP contribution is -2.57. The van der Waals surface area contributed by atoms with Gasteiger partial charge in [0, 0.05) is 17.1 Å². The van der Waals surface area contributed by atoms with E-state index in [1.165, 1.54) is 0 Å². The molecule has 0 unspecified atom stereocenters. The molecule has 0 radical (unpaired) electrons. The predicted molar refractivity (Wildman–Crippen MR) is 76.8 cm³/mol. The molecular formula is C14H19ClN2O2. The Bertz CT molecular complexity index is 521. The molecule has 2 rings (SSSR count). The number of ether oxygens (including phenoxy) is 1. The number of fused-ring (bicyclic) bond motifs is 1. The molecule has 0 bridgehead atoms. The van der Waals surface area contributed by atoms with E-state index in [4.69, 9.17) is 22.1 Å². The molecule has 1 aliphatic heterocycles. The third-order valence-electron chi connectivity index (χ3n) is 2.90. The zero-order valence-corrected chi connectivity index (χ0v) is 12.4. The highest BCUT2D eigenvalue weighted by Crippen LogP contribution is 2.39. The highest BCUT2D eigenvalue weighted by molar-refractivity contribution is 6.31. The lowest BCUT2D eigenvalue weighted by Gasteiger charge is -2.41. The second-order valence-corrected chi connectivity index (χ2v) is 6.54. The van der Waals surface area contributed by atoms with E-state index in [-0.39, 0.29) is 5.91 Å². The van der Waals surface area contributed by atoms with Crippen molar-refractivity contribution in [2.24, 2.45) is 5.73 Å². The van der Waals surface area contributed by atoms with E-state index in [1.54, 1.807) is 36.9 Å². The van der Waals surface area contributed by atoms with Crippen molar-refractivity contribution in [3.8, 4) is 5.75 Å². The Morgan fingerprint density at radius 1 is 1.42 bits per heavy atom. The third kappa shape index (κ3) is 2.85. The van der Waals surface area contributed by atoms with Gasteiger partial charge in [-0.05, 0) is 45.9 Å². The number of benzene rings is 1. The first kappa shape index (κ1) is 14.2. The van der Waals surface area contributed by atoms with Crippen LogP contribution in [0, 0.1) is 0 Å². The van der Waals surface area contributed by atoms with Crippen molar-refractivity contribution in [3.05, 3.63) is 23.2 Å². The lowest BCUT2D eigenvalue weighted by molar-refractivity contribution is -0.132. The first-order valence-corrected chi connectivity index (χ1v) is 6.57. The van der Waals surface area contributed by atoms with Gasteiger partial charge in [0.25, 0.3) is 5.91 Å². The molecule has 0 spiro atoms. The fourth-order valence-corrected chi connectivity index (χ4v) is 2.27. The lowest BCUT2D eigenvalue weighted by atomic mass is 10.00. The van der Waals surface area contributed by atoms with Gasteiger partial charge in [-0.3, -0.25) is 4.79 Å². The molecular weight excluding hydrogens is 264 g/mol. The van der Waals surface area contributed by atoms with Gasteiger partial charge >= 0.3 is 0 Å². The molecule has 1 aromatic rings. The largest absolute Gasteiger partial charge is 0.476 e. The minimum Gasteiger partial charge on any atom is -0.476 e. The van der Waals surface area contributed by atoms with Crippen LogP contribution in [0.4, 0.5) is 5.69 Å². The van der Waals surface area contributed by atoms with E-state index in [9.17, 15) is 4.79 Å². The molecule has 1 aliphatic rings.